The average molecular weight is 262 g/mol. The molecule has 1 saturated heterocycles. The molecule has 2 amide bonds. The molecule has 19 heavy (non-hydrogen) atoms. The SMILES string of the molecule is CCCCN1C[C@H](C(=O)Nc2ncccn2)CC1=O. The largest absolute Gasteiger partial charge is 0.342 e. The number of rotatable bonds is 5. The molecule has 1 fully saturated rings. The van der Waals surface area contributed by atoms with E-state index in [1.165, 1.54) is 0 Å². The van der Waals surface area contributed by atoms with E-state index in [-0.39, 0.29) is 30.1 Å². The van der Waals surface area contributed by atoms with Crippen LogP contribution in [0.25, 0.3) is 0 Å². The summed E-state index contributed by atoms with van der Waals surface area (Å²) in [7, 11) is 0. The first kappa shape index (κ1) is 13.5. The van der Waals surface area contributed by atoms with Gasteiger partial charge in [-0.05, 0) is 12.5 Å². The van der Waals surface area contributed by atoms with Crippen LogP contribution in [0.3, 0.4) is 0 Å². The van der Waals surface area contributed by atoms with Crippen LogP contribution in [0.15, 0.2) is 18.5 Å². The van der Waals surface area contributed by atoms with Gasteiger partial charge in [0.1, 0.15) is 0 Å². The van der Waals surface area contributed by atoms with Gasteiger partial charge in [0.15, 0.2) is 0 Å². The smallest absolute Gasteiger partial charge is 0.232 e. The van der Waals surface area contributed by atoms with Gasteiger partial charge in [0.2, 0.25) is 17.8 Å². The molecule has 0 saturated carbocycles. The summed E-state index contributed by atoms with van der Waals surface area (Å²) >= 11 is 0. The zero-order valence-corrected chi connectivity index (χ0v) is 11.0. The molecule has 2 rings (SSSR count). The predicted octanol–water partition coefficient (Wildman–Crippen LogP) is 1.06. The molecule has 1 N–H and O–H groups in total. The van der Waals surface area contributed by atoms with Crippen LogP contribution in [0.1, 0.15) is 26.2 Å². The molecule has 1 aliphatic rings. The molecule has 102 valence electrons. The third kappa shape index (κ3) is 3.49. The Kier molecular flexibility index (Phi) is 4.43. The molecule has 1 aliphatic heterocycles. The lowest BCUT2D eigenvalue weighted by atomic mass is 10.1. The number of anilines is 1. The topological polar surface area (TPSA) is 75.2 Å². The number of hydrogen-bond donors (Lipinski definition) is 1. The first-order chi connectivity index (χ1) is 9.20. The van der Waals surface area contributed by atoms with E-state index in [2.05, 4.69) is 22.2 Å². The Labute approximate surface area is 112 Å². The summed E-state index contributed by atoms with van der Waals surface area (Å²) in [5.74, 6) is -0.138. The van der Waals surface area contributed by atoms with Gasteiger partial charge in [0.05, 0.1) is 5.92 Å². The second-order valence-electron chi connectivity index (χ2n) is 4.66. The summed E-state index contributed by atoms with van der Waals surface area (Å²) in [6, 6.07) is 1.68. The van der Waals surface area contributed by atoms with Gasteiger partial charge in [-0.25, -0.2) is 9.97 Å². The lowest BCUT2D eigenvalue weighted by Crippen LogP contribution is -2.29. The number of hydrogen-bond acceptors (Lipinski definition) is 4. The molecule has 0 aliphatic carbocycles. The number of amides is 2. The van der Waals surface area contributed by atoms with E-state index < -0.39 is 0 Å². The number of carbonyl (C=O) groups excluding carboxylic acids is 2. The highest BCUT2D eigenvalue weighted by Gasteiger charge is 2.34. The number of carbonyl (C=O) groups is 2. The van der Waals surface area contributed by atoms with Gasteiger partial charge in [0.25, 0.3) is 0 Å². The zero-order valence-electron chi connectivity index (χ0n) is 11.0. The molecular weight excluding hydrogens is 244 g/mol. The minimum absolute atomic E-state index is 0.0579. The number of aromatic nitrogens is 2. The van der Waals surface area contributed by atoms with Crippen molar-refractivity contribution in [3.05, 3.63) is 18.5 Å². The van der Waals surface area contributed by atoms with E-state index >= 15 is 0 Å². The van der Waals surface area contributed by atoms with Gasteiger partial charge < -0.3 is 4.90 Å². The fraction of sp³-hybridized carbons (Fsp3) is 0.538. The molecule has 0 bridgehead atoms. The molecule has 0 aromatic carbocycles. The van der Waals surface area contributed by atoms with Crippen LogP contribution in [-0.4, -0.2) is 39.8 Å². The van der Waals surface area contributed by atoms with Crippen LogP contribution in [-0.2, 0) is 9.59 Å². The highest BCUT2D eigenvalue weighted by Crippen LogP contribution is 2.19. The van der Waals surface area contributed by atoms with Crippen molar-refractivity contribution in [2.24, 2.45) is 5.92 Å². The van der Waals surface area contributed by atoms with Crippen molar-refractivity contribution in [3.63, 3.8) is 0 Å². The predicted molar refractivity (Wildman–Crippen MR) is 70.3 cm³/mol. The maximum atomic E-state index is 12.0. The Morgan fingerprint density at radius 1 is 1.47 bits per heavy atom. The van der Waals surface area contributed by atoms with Gasteiger partial charge >= 0.3 is 0 Å². The summed E-state index contributed by atoms with van der Waals surface area (Å²) in [5.41, 5.74) is 0. The second kappa shape index (κ2) is 6.26. The van der Waals surface area contributed by atoms with Crippen molar-refractivity contribution < 1.29 is 9.59 Å². The summed E-state index contributed by atoms with van der Waals surface area (Å²) in [6.07, 6.45) is 5.43. The quantitative estimate of drug-likeness (QED) is 0.861. The lowest BCUT2D eigenvalue weighted by Gasteiger charge is -2.15. The molecule has 0 unspecified atom stereocenters. The number of nitrogens with one attached hydrogen (secondary N) is 1. The fourth-order valence-corrected chi connectivity index (χ4v) is 2.09. The minimum atomic E-state index is -0.298. The standard InChI is InChI=1S/C13H18N4O2/c1-2-3-7-17-9-10(8-11(17)18)12(19)16-13-14-5-4-6-15-13/h4-6,10H,2-3,7-9H2,1H3,(H,14,15,16,19)/t10-/m1/s1. The molecule has 0 spiro atoms. The van der Waals surface area contributed by atoms with Crippen molar-refractivity contribution in [2.75, 3.05) is 18.4 Å². The lowest BCUT2D eigenvalue weighted by molar-refractivity contribution is -0.128. The van der Waals surface area contributed by atoms with Crippen LogP contribution < -0.4 is 5.32 Å². The van der Waals surface area contributed by atoms with Crippen LogP contribution in [0.4, 0.5) is 5.95 Å². The molecule has 6 nitrogen and oxygen atoms in total. The molecule has 1 atom stereocenters. The van der Waals surface area contributed by atoms with E-state index in [4.69, 9.17) is 0 Å². The normalized spacial score (nSPS) is 18.7. The number of nitrogens with zero attached hydrogens (tertiary/aromatic N) is 3. The molecular formula is C13H18N4O2. The second-order valence-corrected chi connectivity index (χ2v) is 4.66. The van der Waals surface area contributed by atoms with Crippen LogP contribution in [0.2, 0.25) is 0 Å². The molecule has 6 heteroatoms. The summed E-state index contributed by atoms with van der Waals surface area (Å²) in [6.45, 7) is 3.32. The Balaban J connectivity index is 1.89. The summed E-state index contributed by atoms with van der Waals surface area (Å²) in [4.78, 5) is 33.4. The highest BCUT2D eigenvalue weighted by atomic mass is 16.2. The Morgan fingerprint density at radius 2 is 2.21 bits per heavy atom. The molecule has 2 heterocycles. The Hall–Kier alpha value is -1.98. The van der Waals surface area contributed by atoms with E-state index in [0.717, 1.165) is 19.4 Å². The van der Waals surface area contributed by atoms with E-state index in [9.17, 15) is 9.59 Å². The maximum Gasteiger partial charge on any atom is 0.232 e. The summed E-state index contributed by atoms with van der Waals surface area (Å²) in [5, 5.41) is 2.64. The fourth-order valence-electron chi connectivity index (χ4n) is 2.09. The van der Waals surface area contributed by atoms with Gasteiger partial charge in [-0.1, -0.05) is 13.3 Å². The zero-order chi connectivity index (χ0) is 13.7. The van der Waals surface area contributed by atoms with Crippen molar-refractivity contribution in [1.82, 2.24) is 14.9 Å². The van der Waals surface area contributed by atoms with Crippen LogP contribution >= 0.6 is 0 Å². The molecule has 1 aromatic heterocycles. The number of likely N-dealkylation sites (tertiary alicyclic amines) is 1. The van der Waals surface area contributed by atoms with Crippen molar-refractivity contribution in [3.8, 4) is 0 Å². The van der Waals surface area contributed by atoms with Gasteiger partial charge in [0, 0.05) is 31.9 Å². The van der Waals surface area contributed by atoms with Gasteiger partial charge in [-0.2, -0.15) is 0 Å². The molecule has 1 aromatic rings. The van der Waals surface area contributed by atoms with Crippen LogP contribution in [0, 0.1) is 5.92 Å². The third-order valence-corrected chi connectivity index (χ3v) is 3.17. The molecule has 0 radical (unpaired) electrons. The first-order valence-corrected chi connectivity index (χ1v) is 6.56. The average Bonchev–Trinajstić information content (AvgIpc) is 2.79. The van der Waals surface area contributed by atoms with E-state index in [1.54, 1.807) is 23.4 Å². The van der Waals surface area contributed by atoms with Gasteiger partial charge in [-0.3, -0.25) is 14.9 Å². The number of unbranched alkanes of at least 4 members (excludes halogenated alkanes) is 1. The highest BCUT2D eigenvalue weighted by molar-refractivity contribution is 5.96. The van der Waals surface area contributed by atoms with Crippen molar-refractivity contribution in [2.45, 2.75) is 26.2 Å². The van der Waals surface area contributed by atoms with E-state index in [1.807, 2.05) is 0 Å². The van der Waals surface area contributed by atoms with Crippen LogP contribution in [0.5, 0.6) is 0 Å². The minimum Gasteiger partial charge on any atom is -0.342 e. The maximum absolute atomic E-state index is 12.0. The Morgan fingerprint density at radius 3 is 2.89 bits per heavy atom. The van der Waals surface area contributed by atoms with Crippen molar-refractivity contribution in [1.29, 1.82) is 0 Å². The van der Waals surface area contributed by atoms with E-state index in [0.29, 0.717) is 6.54 Å². The third-order valence-electron chi connectivity index (χ3n) is 3.17. The Bertz CT molecular complexity index is 449. The summed E-state index contributed by atoms with van der Waals surface area (Å²) < 4.78 is 0. The van der Waals surface area contributed by atoms with Gasteiger partial charge in [-0.15, -0.1) is 0 Å². The van der Waals surface area contributed by atoms with Crippen molar-refractivity contribution >= 4 is 17.8 Å². The monoisotopic (exact) mass is 262 g/mol. The first-order valence-electron chi connectivity index (χ1n) is 6.56.